The zero-order chi connectivity index (χ0) is 65.5. The first-order valence-electron chi connectivity index (χ1n) is 34.3. The zero-order valence-corrected chi connectivity index (χ0v) is 56.3. The number of aromatic hydroxyl groups is 4. The minimum absolute atomic E-state index is 0.0520. The minimum Gasteiger partial charge on any atom is -0.507 e. The molecular weight excluding hydrogens is 1150 g/mol. The van der Waals surface area contributed by atoms with Gasteiger partial charge in [-0.3, -0.25) is 0 Å². The van der Waals surface area contributed by atoms with Crippen LogP contribution in [0.5, 0.6) is 46.0 Å². The fraction of sp³-hybridized carbons (Fsp3) is 0.462. The molecule has 14 heteroatoms. The molecule has 2 aromatic heterocycles. The van der Waals surface area contributed by atoms with Gasteiger partial charge in [-0.25, -0.2) is 29.9 Å². The molecule has 92 heavy (non-hydrogen) atoms. The van der Waals surface area contributed by atoms with Crippen LogP contribution in [0.4, 0.5) is 0 Å². The number of phenols is 4. The fourth-order valence-corrected chi connectivity index (χ4v) is 11.1. The molecule has 0 saturated carbocycles. The maximum atomic E-state index is 11.2. The van der Waals surface area contributed by atoms with E-state index < -0.39 is 0 Å². The van der Waals surface area contributed by atoms with Crippen molar-refractivity contribution in [1.82, 2.24) is 29.9 Å². The maximum absolute atomic E-state index is 11.2. The van der Waals surface area contributed by atoms with Gasteiger partial charge in [0.1, 0.15) is 46.0 Å². The van der Waals surface area contributed by atoms with E-state index in [1.165, 1.54) is 114 Å². The number of aromatic nitrogens is 6. The van der Waals surface area contributed by atoms with E-state index in [1.54, 1.807) is 60.7 Å². The molecule has 14 nitrogen and oxygen atoms in total. The summed E-state index contributed by atoms with van der Waals surface area (Å²) in [7, 11) is 0. The van der Waals surface area contributed by atoms with Gasteiger partial charge in [0, 0.05) is 35.4 Å². The Labute approximate surface area is 548 Å². The molecule has 0 aliphatic heterocycles. The zero-order valence-electron chi connectivity index (χ0n) is 56.3. The summed E-state index contributed by atoms with van der Waals surface area (Å²) >= 11 is 0. The Bertz CT molecular complexity index is 3260. The van der Waals surface area contributed by atoms with E-state index >= 15 is 0 Å². The average molecular weight is 1250 g/mol. The van der Waals surface area contributed by atoms with E-state index in [1.807, 2.05) is 12.1 Å². The highest BCUT2D eigenvalue weighted by atomic mass is 16.5. The molecule has 8 rings (SSSR count). The smallest absolute Gasteiger partial charge is 0.167 e. The van der Waals surface area contributed by atoms with E-state index in [2.05, 4.69) is 91.8 Å². The van der Waals surface area contributed by atoms with Gasteiger partial charge in [-0.15, -0.1) is 0 Å². The van der Waals surface area contributed by atoms with Crippen molar-refractivity contribution in [2.45, 2.75) is 209 Å². The predicted molar refractivity (Wildman–Crippen MR) is 373 cm³/mol. The van der Waals surface area contributed by atoms with Crippen molar-refractivity contribution in [3.8, 4) is 114 Å². The maximum Gasteiger partial charge on any atom is 0.167 e. The Morgan fingerprint density at radius 1 is 0.250 bits per heavy atom. The van der Waals surface area contributed by atoms with Crippen LogP contribution in [0, 0.1) is 27.7 Å². The Morgan fingerprint density at radius 2 is 0.457 bits per heavy atom. The molecule has 492 valence electrons. The van der Waals surface area contributed by atoms with Gasteiger partial charge in [0.15, 0.2) is 34.9 Å². The Hall–Kier alpha value is -8.26. The number of ether oxygens (including phenoxy) is 4. The lowest BCUT2D eigenvalue weighted by atomic mass is 10.0. The molecule has 0 aliphatic rings. The normalized spacial score (nSPS) is 11.1. The van der Waals surface area contributed by atoms with Gasteiger partial charge < -0.3 is 39.4 Å². The standard InChI is InChI=1S/C45H63N3O6.C33H39N3O2/c1-4-7-10-13-16-19-28-52-34-22-25-37(40(49)31-34)43-46-44(38-26-23-35(32-41(38)50)53-29-20-17-14-11-8-5-2)48-45(47-43)39-27-24-36(33-42(39)51)54-30-21-18-15-12-9-6-3;1-6-7-8-9-10-11-18-38-26-14-17-29(30(37)21-26)33-35-31(27-15-12-22(2)19-24(27)4)34-32(36-33)28-16-13-23(3)20-25(28)5/h22-27,31-33,49-51H,4-21,28-30H2,1-3H3;12-17,19-21,37H,6-11,18H2,1-5H3. The second kappa shape index (κ2) is 38.6. The summed E-state index contributed by atoms with van der Waals surface area (Å²) in [4.78, 5) is 28.6. The average Bonchev–Trinajstić information content (AvgIpc) is 0.845. The highest BCUT2D eigenvalue weighted by Gasteiger charge is 2.21. The van der Waals surface area contributed by atoms with Crippen molar-refractivity contribution in [2.75, 3.05) is 26.4 Å². The van der Waals surface area contributed by atoms with Gasteiger partial charge in [0.25, 0.3) is 0 Å². The monoisotopic (exact) mass is 1250 g/mol. The van der Waals surface area contributed by atoms with Crippen molar-refractivity contribution < 1.29 is 39.4 Å². The van der Waals surface area contributed by atoms with E-state index in [0.717, 1.165) is 73.6 Å². The second-order valence-corrected chi connectivity index (χ2v) is 24.4. The van der Waals surface area contributed by atoms with Crippen LogP contribution < -0.4 is 18.9 Å². The number of aryl methyl sites for hydroxylation is 4. The number of nitrogens with zero attached hydrogens (tertiary/aromatic N) is 6. The van der Waals surface area contributed by atoms with Crippen molar-refractivity contribution in [3.63, 3.8) is 0 Å². The first-order valence-corrected chi connectivity index (χ1v) is 34.3. The SMILES string of the molecule is CCCCCCCCOc1ccc(-c2nc(-c3ccc(C)cc3C)nc(-c3ccc(C)cc3C)n2)c(O)c1.CCCCCCCCOc1ccc(-c2nc(-c3ccc(OCCCCCCCC)cc3O)nc(-c3ccc(OCCCCCCCC)cc3O)n2)c(O)c1. The second-order valence-electron chi connectivity index (χ2n) is 24.4. The van der Waals surface area contributed by atoms with Crippen LogP contribution >= 0.6 is 0 Å². The van der Waals surface area contributed by atoms with Crippen molar-refractivity contribution in [3.05, 3.63) is 131 Å². The third kappa shape index (κ3) is 22.5. The van der Waals surface area contributed by atoms with Crippen LogP contribution in [-0.4, -0.2) is 76.8 Å². The predicted octanol–water partition coefficient (Wildman–Crippen LogP) is 20.8. The molecule has 0 radical (unpaired) electrons. The Morgan fingerprint density at radius 3 is 0.674 bits per heavy atom. The third-order valence-corrected chi connectivity index (χ3v) is 16.4. The number of benzene rings is 6. The van der Waals surface area contributed by atoms with Gasteiger partial charge in [0.2, 0.25) is 0 Å². The first kappa shape index (κ1) is 71.2. The van der Waals surface area contributed by atoms with Crippen LogP contribution in [0.25, 0.3) is 68.3 Å². The number of phenolic OH excluding ortho intramolecular Hbond substituents is 4. The molecular formula is C78H102N6O8. The highest BCUT2D eigenvalue weighted by Crippen LogP contribution is 2.39. The van der Waals surface area contributed by atoms with Gasteiger partial charge in [-0.2, -0.15) is 0 Å². The van der Waals surface area contributed by atoms with Gasteiger partial charge in [-0.05, 0) is 113 Å². The topological polar surface area (TPSA) is 195 Å². The summed E-state index contributed by atoms with van der Waals surface area (Å²) in [6.45, 7) is 19.5. The van der Waals surface area contributed by atoms with Crippen molar-refractivity contribution in [1.29, 1.82) is 0 Å². The number of unbranched alkanes of at least 4 members (excludes halogenated alkanes) is 20. The number of rotatable bonds is 38. The van der Waals surface area contributed by atoms with Crippen LogP contribution in [-0.2, 0) is 0 Å². The van der Waals surface area contributed by atoms with Gasteiger partial charge in [0.05, 0.1) is 48.7 Å². The van der Waals surface area contributed by atoms with Gasteiger partial charge >= 0.3 is 0 Å². The summed E-state index contributed by atoms with van der Waals surface area (Å²) < 4.78 is 23.7. The summed E-state index contributed by atoms with van der Waals surface area (Å²) in [6.07, 6.45) is 28.2. The van der Waals surface area contributed by atoms with Crippen LogP contribution in [0.3, 0.4) is 0 Å². The molecule has 0 amide bonds. The summed E-state index contributed by atoms with van der Waals surface area (Å²) in [5.41, 5.74) is 8.10. The molecule has 0 saturated heterocycles. The van der Waals surface area contributed by atoms with E-state index in [0.29, 0.717) is 89.2 Å². The van der Waals surface area contributed by atoms with E-state index in [-0.39, 0.29) is 40.5 Å². The molecule has 8 aromatic rings. The molecule has 0 unspecified atom stereocenters. The molecule has 0 bridgehead atoms. The summed E-state index contributed by atoms with van der Waals surface area (Å²) in [5, 5.41) is 44.5. The Kier molecular flexibility index (Phi) is 29.8. The third-order valence-electron chi connectivity index (χ3n) is 16.4. The Balaban J connectivity index is 0.000000277. The molecule has 0 aliphatic carbocycles. The van der Waals surface area contributed by atoms with Crippen molar-refractivity contribution >= 4 is 0 Å². The van der Waals surface area contributed by atoms with Gasteiger partial charge in [-0.1, -0.05) is 204 Å². The molecule has 0 spiro atoms. The first-order chi connectivity index (χ1) is 44.8. The van der Waals surface area contributed by atoms with Crippen LogP contribution in [0.1, 0.15) is 204 Å². The van der Waals surface area contributed by atoms with Crippen LogP contribution in [0.15, 0.2) is 109 Å². The van der Waals surface area contributed by atoms with E-state index in [4.69, 9.17) is 48.9 Å². The van der Waals surface area contributed by atoms with Crippen molar-refractivity contribution in [2.24, 2.45) is 0 Å². The molecule has 0 fully saturated rings. The summed E-state index contributed by atoms with van der Waals surface area (Å²) in [5.74, 6) is 4.42. The lowest BCUT2D eigenvalue weighted by molar-refractivity contribution is 0.302. The van der Waals surface area contributed by atoms with Crippen LogP contribution in [0.2, 0.25) is 0 Å². The lowest BCUT2D eigenvalue weighted by Crippen LogP contribution is -2.02. The fourth-order valence-electron chi connectivity index (χ4n) is 11.1. The minimum atomic E-state index is -0.0520. The lowest BCUT2D eigenvalue weighted by Gasteiger charge is -2.13. The summed E-state index contributed by atoms with van der Waals surface area (Å²) in [6, 6.07) is 33.1. The molecule has 6 aromatic carbocycles. The molecule has 4 N–H and O–H groups in total. The number of hydrogen-bond donors (Lipinski definition) is 4. The van der Waals surface area contributed by atoms with E-state index in [9.17, 15) is 20.4 Å². The largest absolute Gasteiger partial charge is 0.507 e. The molecule has 2 heterocycles. The molecule has 0 atom stereocenters. The highest BCUT2D eigenvalue weighted by molar-refractivity contribution is 5.76. The quantitative estimate of drug-likeness (QED) is 0.0267. The number of hydrogen-bond acceptors (Lipinski definition) is 14.